The summed E-state index contributed by atoms with van der Waals surface area (Å²) in [7, 11) is 0. The maximum Gasteiger partial charge on any atom is 0.311 e. The van der Waals surface area contributed by atoms with Crippen molar-refractivity contribution in [2.24, 2.45) is 5.73 Å². The van der Waals surface area contributed by atoms with Gasteiger partial charge in [0.25, 0.3) is 5.89 Å². The summed E-state index contributed by atoms with van der Waals surface area (Å²) < 4.78 is 5.47. The van der Waals surface area contributed by atoms with Crippen LogP contribution in [-0.4, -0.2) is 16.8 Å². The number of rotatable bonds is 4. The van der Waals surface area contributed by atoms with Gasteiger partial charge in [-0.1, -0.05) is 30.3 Å². The molecule has 3 N–H and O–H groups in total. The second-order valence-electron chi connectivity index (χ2n) is 4.79. The van der Waals surface area contributed by atoms with Crippen molar-refractivity contribution >= 4 is 17.5 Å². The van der Waals surface area contributed by atoms with Gasteiger partial charge in [-0.2, -0.15) is 0 Å². The molecule has 3 rings (SSSR count). The van der Waals surface area contributed by atoms with E-state index < -0.39 is 11.8 Å². The van der Waals surface area contributed by atoms with Gasteiger partial charge in [0, 0.05) is 16.8 Å². The Bertz CT molecular complexity index is 839. The fourth-order valence-corrected chi connectivity index (χ4v) is 2.02. The lowest BCUT2D eigenvalue weighted by Gasteiger charge is -2.03. The van der Waals surface area contributed by atoms with Crippen LogP contribution in [0.5, 0.6) is 0 Å². The third-order valence-electron chi connectivity index (χ3n) is 3.19. The highest BCUT2D eigenvalue weighted by Gasteiger charge is 2.14. The van der Waals surface area contributed by atoms with Crippen LogP contribution in [0.1, 0.15) is 21.0 Å². The average Bonchev–Trinajstić information content (AvgIpc) is 3.06. The lowest BCUT2D eigenvalue weighted by molar-refractivity contribution is 0.0987. The third kappa shape index (κ3) is 3.26. The van der Waals surface area contributed by atoms with E-state index >= 15 is 0 Å². The number of hydrogen-bond acceptors (Lipinski definition) is 4. The molecule has 0 aliphatic rings. The zero-order chi connectivity index (χ0) is 16.2. The lowest BCUT2D eigenvalue weighted by Crippen LogP contribution is -2.13. The molecule has 114 valence electrons. The van der Waals surface area contributed by atoms with Crippen LogP contribution in [0.25, 0.3) is 11.3 Å². The van der Waals surface area contributed by atoms with Crippen LogP contribution in [0.4, 0.5) is 5.69 Å². The number of hydrogen-bond donors (Lipinski definition) is 2. The van der Waals surface area contributed by atoms with Crippen molar-refractivity contribution in [2.45, 2.75) is 0 Å². The maximum atomic E-state index is 12.1. The van der Waals surface area contributed by atoms with Crippen LogP contribution in [0.3, 0.4) is 0 Å². The van der Waals surface area contributed by atoms with E-state index in [0.29, 0.717) is 17.0 Å². The summed E-state index contributed by atoms with van der Waals surface area (Å²) in [5.74, 6) is -0.523. The minimum Gasteiger partial charge on any atom is -0.432 e. The van der Waals surface area contributed by atoms with Gasteiger partial charge in [0.15, 0.2) is 5.76 Å². The van der Waals surface area contributed by atoms with Crippen LogP contribution in [-0.2, 0) is 0 Å². The van der Waals surface area contributed by atoms with Crippen molar-refractivity contribution in [2.75, 3.05) is 5.32 Å². The molecule has 0 spiro atoms. The Morgan fingerprint density at radius 3 is 2.35 bits per heavy atom. The summed E-state index contributed by atoms with van der Waals surface area (Å²) in [5.41, 5.74) is 6.88. The van der Waals surface area contributed by atoms with E-state index in [-0.39, 0.29) is 5.89 Å². The Labute approximate surface area is 132 Å². The summed E-state index contributed by atoms with van der Waals surface area (Å²) in [4.78, 5) is 27.1. The predicted molar refractivity (Wildman–Crippen MR) is 84.9 cm³/mol. The number of aromatic nitrogens is 1. The Balaban J connectivity index is 1.74. The number of primary amides is 1. The van der Waals surface area contributed by atoms with Gasteiger partial charge in [0.1, 0.15) is 0 Å². The number of amides is 2. The number of nitrogens with two attached hydrogens (primary N) is 1. The molecule has 0 aliphatic heterocycles. The number of benzene rings is 2. The van der Waals surface area contributed by atoms with E-state index in [1.807, 2.05) is 30.3 Å². The van der Waals surface area contributed by atoms with Crippen LogP contribution >= 0.6 is 0 Å². The van der Waals surface area contributed by atoms with Crippen LogP contribution in [0.15, 0.2) is 65.2 Å². The number of carbonyl (C=O) groups excluding carboxylic acids is 2. The minimum absolute atomic E-state index is 0.0390. The first kappa shape index (κ1) is 14.5. The summed E-state index contributed by atoms with van der Waals surface area (Å²) >= 11 is 0. The van der Waals surface area contributed by atoms with E-state index in [0.717, 1.165) is 5.56 Å². The number of nitrogens with zero attached hydrogens (tertiary/aromatic N) is 1. The fourth-order valence-electron chi connectivity index (χ4n) is 2.02. The van der Waals surface area contributed by atoms with E-state index in [1.165, 1.54) is 18.3 Å². The quantitative estimate of drug-likeness (QED) is 0.774. The third-order valence-corrected chi connectivity index (χ3v) is 3.19. The molecule has 1 aromatic heterocycles. The fraction of sp³-hybridized carbons (Fsp3) is 0. The van der Waals surface area contributed by atoms with Crippen LogP contribution in [0, 0.1) is 0 Å². The van der Waals surface area contributed by atoms with Gasteiger partial charge in [-0.05, 0) is 24.3 Å². The Morgan fingerprint density at radius 2 is 1.70 bits per heavy atom. The van der Waals surface area contributed by atoms with Crippen molar-refractivity contribution in [3.8, 4) is 11.3 Å². The highest BCUT2D eigenvalue weighted by Crippen LogP contribution is 2.20. The van der Waals surface area contributed by atoms with Crippen molar-refractivity contribution in [3.63, 3.8) is 0 Å². The first-order chi connectivity index (χ1) is 11.1. The van der Waals surface area contributed by atoms with Crippen LogP contribution in [0.2, 0.25) is 0 Å². The number of anilines is 1. The predicted octanol–water partition coefficient (Wildman–Crippen LogP) is 2.69. The topological polar surface area (TPSA) is 98.2 Å². The normalized spacial score (nSPS) is 10.3. The van der Waals surface area contributed by atoms with Gasteiger partial charge in [-0.3, -0.25) is 9.59 Å². The Hall–Kier alpha value is -3.41. The summed E-state index contributed by atoms with van der Waals surface area (Å²) in [6.45, 7) is 0. The minimum atomic E-state index is -0.525. The highest BCUT2D eigenvalue weighted by molar-refractivity contribution is 6.01. The van der Waals surface area contributed by atoms with Gasteiger partial charge in [-0.15, -0.1) is 0 Å². The molecular weight excluding hydrogens is 294 g/mol. The number of carbonyl (C=O) groups is 2. The molecule has 0 fully saturated rings. The molecule has 23 heavy (non-hydrogen) atoms. The molecule has 0 saturated carbocycles. The molecular formula is C17H13N3O3. The number of nitrogens with one attached hydrogen (secondary N) is 1. The van der Waals surface area contributed by atoms with Crippen molar-refractivity contribution in [3.05, 3.63) is 72.2 Å². The maximum absolute atomic E-state index is 12.1. The van der Waals surface area contributed by atoms with Crippen molar-refractivity contribution < 1.29 is 14.0 Å². The summed E-state index contributed by atoms with van der Waals surface area (Å²) in [6, 6.07) is 15.6. The lowest BCUT2D eigenvalue weighted by atomic mass is 10.2. The molecule has 6 heteroatoms. The largest absolute Gasteiger partial charge is 0.432 e. The molecule has 1 heterocycles. The molecule has 0 radical (unpaired) electrons. The SMILES string of the molecule is NC(=O)c1ccc(NC(=O)c2ncc(-c3ccccc3)o2)cc1. The Kier molecular flexibility index (Phi) is 3.88. The van der Waals surface area contributed by atoms with Gasteiger partial charge >= 0.3 is 5.91 Å². The van der Waals surface area contributed by atoms with Gasteiger partial charge in [0.05, 0.1) is 6.20 Å². The van der Waals surface area contributed by atoms with Gasteiger partial charge < -0.3 is 15.5 Å². The van der Waals surface area contributed by atoms with E-state index in [4.69, 9.17) is 10.2 Å². The van der Waals surface area contributed by atoms with Gasteiger partial charge in [0.2, 0.25) is 5.91 Å². The van der Waals surface area contributed by atoms with Crippen molar-refractivity contribution in [1.29, 1.82) is 0 Å². The monoisotopic (exact) mass is 307 g/mol. The van der Waals surface area contributed by atoms with Crippen LogP contribution < -0.4 is 11.1 Å². The summed E-state index contributed by atoms with van der Waals surface area (Å²) in [5, 5.41) is 2.64. The molecule has 3 aromatic rings. The van der Waals surface area contributed by atoms with Gasteiger partial charge in [-0.25, -0.2) is 4.98 Å². The first-order valence-electron chi connectivity index (χ1n) is 6.86. The standard InChI is InChI=1S/C17H13N3O3/c18-15(21)12-6-8-13(9-7-12)20-16(22)17-19-10-14(23-17)11-4-2-1-3-5-11/h1-10H,(H2,18,21)(H,20,22). The second kappa shape index (κ2) is 6.15. The average molecular weight is 307 g/mol. The smallest absolute Gasteiger partial charge is 0.311 e. The molecule has 2 amide bonds. The van der Waals surface area contributed by atoms with E-state index in [9.17, 15) is 9.59 Å². The molecule has 6 nitrogen and oxygen atoms in total. The molecule has 0 bridgehead atoms. The summed E-state index contributed by atoms with van der Waals surface area (Å²) in [6.07, 6.45) is 1.50. The van der Waals surface area contributed by atoms with E-state index in [2.05, 4.69) is 10.3 Å². The van der Waals surface area contributed by atoms with E-state index in [1.54, 1.807) is 12.1 Å². The molecule has 2 aromatic carbocycles. The Morgan fingerprint density at radius 1 is 1.00 bits per heavy atom. The zero-order valence-corrected chi connectivity index (χ0v) is 12.0. The molecule has 0 atom stereocenters. The number of oxazole rings is 1. The molecule has 0 saturated heterocycles. The second-order valence-corrected chi connectivity index (χ2v) is 4.79. The van der Waals surface area contributed by atoms with Crippen molar-refractivity contribution in [1.82, 2.24) is 4.98 Å². The molecule has 0 unspecified atom stereocenters. The highest BCUT2D eigenvalue weighted by atomic mass is 16.4. The first-order valence-corrected chi connectivity index (χ1v) is 6.86. The molecule has 0 aliphatic carbocycles. The zero-order valence-electron chi connectivity index (χ0n) is 12.0.